The van der Waals surface area contributed by atoms with Crippen LogP contribution in [0.15, 0.2) is 40.7 Å². The van der Waals surface area contributed by atoms with E-state index in [1.54, 1.807) is 19.3 Å². The smallest absolute Gasteiger partial charge is 0.236 e. The molecule has 8 heteroatoms. The van der Waals surface area contributed by atoms with Crippen molar-refractivity contribution in [2.24, 2.45) is 5.92 Å². The Morgan fingerprint density at radius 3 is 2.66 bits per heavy atom. The molecule has 29 heavy (non-hydrogen) atoms. The molecular formula is C21H20ClNO6. The number of hydrogen-bond acceptors (Lipinski definition) is 7. The van der Waals surface area contributed by atoms with Crippen molar-refractivity contribution in [1.82, 2.24) is 5.32 Å². The molecule has 1 aromatic carbocycles. The first kappa shape index (κ1) is 19.4. The van der Waals surface area contributed by atoms with Gasteiger partial charge in [0.2, 0.25) is 17.2 Å². The highest BCUT2D eigenvalue weighted by Gasteiger charge is 2.60. The Balaban J connectivity index is 1.68. The van der Waals surface area contributed by atoms with Crippen molar-refractivity contribution in [3.05, 3.63) is 52.6 Å². The summed E-state index contributed by atoms with van der Waals surface area (Å²) in [6.07, 6.45) is 3.45. The maximum Gasteiger partial charge on any atom is 0.236 e. The highest BCUT2D eigenvalue weighted by Crippen LogP contribution is 2.52. The molecule has 1 aromatic heterocycles. The number of benzene rings is 1. The summed E-state index contributed by atoms with van der Waals surface area (Å²) in [7, 11) is 2.89. The van der Waals surface area contributed by atoms with Crippen LogP contribution in [-0.4, -0.2) is 31.4 Å². The first-order chi connectivity index (χ1) is 13.9. The van der Waals surface area contributed by atoms with E-state index in [-0.39, 0.29) is 22.1 Å². The Hall–Kier alpha value is -2.93. The molecule has 2 aromatic rings. The summed E-state index contributed by atoms with van der Waals surface area (Å²) in [5.41, 5.74) is -0.784. The van der Waals surface area contributed by atoms with Crippen LogP contribution in [-0.2, 0) is 11.3 Å². The number of rotatable bonds is 5. The van der Waals surface area contributed by atoms with Crippen LogP contribution < -0.4 is 19.5 Å². The Morgan fingerprint density at radius 1 is 1.28 bits per heavy atom. The van der Waals surface area contributed by atoms with E-state index in [1.807, 2.05) is 6.07 Å². The molecule has 0 bridgehead atoms. The minimum absolute atomic E-state index is 0.119. The summed E-state index contributed by atoms with van der Waals surface area (Å²) in [5, 5.41) is 3.33. The second kappa shape index (κ2) is 7.15. The summed E-state index contributed by atoms with van der Waals surface area (Å²) in [6.45, 7) is 2.25. The zero-order chi connectivity index (χ0) is 20.8. The van der Waals surface area contributed by atoms with Crippen LogP contribution in [0.1, 0.15) is 29.5 Å². The molecule has 1 aliphatic carbocycles. The van der Waals surface area contributed by atoms with Gasteiger partial charge < -0.3 is 23.9 Å². The maximum absolute atomic E-state index is 13.4. The van der Waals surface area contributed by atoms with E-state index in [9.17, 15) is 9.59 Å². The van der Waals surface area contributed by atoms with Gasteiger partial charge in [-0.05, 0) is 18.6 Å². The van der Waals surface area contributed by atoms with Crippen molar-refractivity contribution in [3.8, 4) is 17.2 Å². The van der Waals surface area contributed by atoms with E-state index in [1.165, 1.54) is 26.4 Å². The molecule has 0 unspecified atom stereocenters. The molecule has 0 radical (unpaired) electrons. The standard InChI is InChI=1S/C21H20ClNO6/c1-11-7-12(23-10-13-5-4-6-28-13)8-16(24)21(11)20(25)17-14(26-2)9-15(27-3)18(22)19(17)29-21/h4-6,8-9,11,23H,7,10H2,1-3H3/t11-,21+/m1/s1. The first-order valence-electron chi connectivity index (χ1n) is 9.12. The monoisotopic (exact) mass is 417 g/mol. The molecular weight excluding hydrogens is 398 g/mol. The molecule has 1 spiro atoms. The van der Waals surface area contributed by atoms with Crippen LogP contribution in [0, 0.1) is 5.92 Å². The van der Waals surface area contributed by atoms with Gasteiger partial charge in [0.25, 0.3) is 0 Å². The van der Waals surface area contributed by atoms with Crippen molar-refractivity contribution in [3.63, 3.8) is 0 Å². The fourth-order valence-corrected chi connectivity index (χ4v) is 4.13. The number of allylic oxidation sites excluding steroid dienone is 1. The van der Waals surface area contributed by atoms with Gasteiger partial charge in [-0.1, -0.05) is 18.5 Å². The number of carbonyl (C=O) groups excluding carboxylic acids is 2. The van der Waals surface area contributed by atoms with Crippen LogP contribution in [0.5, 0.6) is 17.2 Å². The Bertz CT molecular complexity index is 1010. The molecule has 2 heterocycles. The lowest BCUT2D eigenvalue weighted by Crippen LogP contribution is -2.55. The lowest BCUT2D eigenvalue weighted by atomic mass is 9.74. The van der Waals surface area contributed by atoms with Crippen molar-refractivity contribution < 1.29 is 28.2 Å². The molecule has 4 rings (SSSR count). The van der Waals surface area contributed by atoms with E-state index in [0.29, 0.717) is 24.4 Å². The third-order valence-corrected chi connectivity index (χ3v) is 5.74. The molecule has 1 aliphatic heterocycles. The van der Waals surface area contributed by atoms with Crippen molar-refractivity contribution in [2.45, 2.75) is 25.5 Å². The predicted molar refractivity (Wildman–Crippen MR) is 105 cm³/mol. The second-order valence-electron chi connectivity index (χ2n) is 7.04. The van der Waals surface area contributed by atoms with Crippen molar-refractivity contribution in [1.29, 1.82) is 0 Å². The largest absolute Gasteiger partial charge is 0.496 e. The number of furan rings is 1. The van der Waals surface area contributed by atoms with Gasteiger partial charge in [0.1, 0.15) is 27.8 Å². The number of ether oxygens (including phenoxy) is 3. The number of Topliss-reactive ketones (excluding diaryl/α,β-unsaturated/α-hetero) is 1. The Kier molecular flexibility index (Phi) is 4.78. The van der Waals surface area contributed by atoms with Gasteiger partial charge in [0.05, 0.1) is 27.0 Å². The third-order valence-electron chi connectivity index (χ3n) is 5.38. The van der Waals surface area contributed by atoms with Gasteiger partial charge in [-0.15, -0.1) is 0 Å². The summed E-state index contributed by atoms with van der Waals surface area (Å²) in [6, 6.07) is 5.15. The molecule has 0 fully saturated rings. The number of halogens is 1. The summed E-state index contributed by atoms with van der Waals surface area (Å²) < 4.78 is 21.9. The number of fused-ring (bicyclic) bond motifs is 1. The normalized spacial score (nSPS) is 22.9. The second-order valence-corrected chi connectivity index (χ2v) is 7.42. The van der Waals surface area contributed by atoms with Crippen LogP contribution in [0.3, 0.4) is 0 Å². The summed E-state index contributed by atoms with van der Waals surface area (Å²) >= 11 is 6.37. The number of nitrogens with one attached hydrogen (secondary N) is 1. The summed E-state index contributed by atoms with van der Waals surface area (Å²) in [4.78, 5) is 26.5. The van der Waals surface area contributed by atoms with Gasteiger partial charge in [0.15, 0.2) is 5.75 Å². The molecule has 1 N–H and O–H groups in total. The number of carbonyl (C=O) groups is 2. The maximum atomic E-state index is 13.4. The van der Waals surface area contributed by atoms with Crippen LogP contribution in [0.25, 0.3) is 0 Å². The topological polar surface area (TPSA) is 87.0 Å². The van der Waals surface area contributed by atoms with Gasteiger partial charge in [0, 0.05) is 23.8 Å². The van der Waals surface area contributed by atoms with Crippen LogP contribution in [0.2, 0.25) is 5.02 Å². The molecule has 0 amide bonds. The van der Waals surface area contributed by atoms with E-state index >= 15 is 0 Å². The van der Waals surface area contributed by atoms with Crippen molar-refractivity contribution in [2.75, 3.05) is 14.2 Å². The van der Waals surface area contributed by atoms with E-state index in [2.05, 4.69) is 5.32 Å². The van der Waals surface area contributed by atoms with Gasteiger partial charge in [-0.2, -0.15) is 0 Å². The van der Waals surface area contributed by atoms with Gasteiger partial charge in [-0.3, -0.25) is 9.59 Å². The van der Waals surface area contributed by atoms with Gasteiger partial charge in [-0.25, -0.2) is 0 Å². The molecule has 2 aliphatic rings. The average Bonchev–Trinajstić information content (AvgIpc) is 3.33. The molecule has 7 nitrogen and oxygen atoms in total. The number of ketones is 2. The van der Waals surface area contributed by atoms with Crippen LogP contribution in [0.4, 0.5) is 0 Å². The zero-order valence-electron chi connectivity index (χ0n) is 16.2. The molecule has 152 valence electrons. The minimum Gasteiger partial charge on any atom is -0.496 e. The highest BCUT2D eigenvalue weighted by molar-refractivity contribution is 6.36. The Labute approximate surface area is 172 Å². The van der Waals surface area contributed by atoms with E-state index in [0.717, 1.165) is 5.76 Å². The quantitative estimate of drug-likeness (QED) is 0.744. The first-order valence-corrected chi connectivity index (χ1v) is 9.49. The third kappa shape index (κ3) is 2.88. The fraction of sp³-hybridized carbons (Fsp3) is 0.333. The predicted octanol–water partition coefficient (Wildman–Crippen LogP) is 3.55. The van der Waals surface area contributed by atoms with Crippen LogP contribution >= 0.6 is 11.6 Å². The van der Waals surface area contributed by atoms with Gasteiger partial charge >= 0.3 is 0 Å². The molecule has 2 atom stereocenters. The van der Waals surface area contributed by atoms with E-state index in [4.69, 9.17) is 30.2 Å². The minimum atomic E-state index is -1.67. The summed E-state index contributed by atoms with van der Waals surface area (Å²) in [5.74, 6) is 0.118. The average molecular weight is 418 g/mol. The number of hydrogen-bond donors (Lipinski definition) is 1. The SMILES string of the molecule is COc1cc(OC)c2c(c1Cl)O[C@@]1(C(=O)C=C(NCc3ccco3)C[C@H]1C)C2=O. The number of methoxy groups -OCH3 is 2. The van der Waals surface area contributed by atoms with E-state index < -0.39 is 23.1 Å². The lowest BCUT2D eigenvalue weighted by molar-refractivity contribution is -0.129. The fourth-order valence-electron chi connectivity index (χ4n) is 3.87. The molecule has 0 saturated heterocycles. The lowest BCUT2D eigenvalue weighted by Gasteiger charge is -2.35. The van der Waals surface area contributed by atoms with Crippen molar-refractivity contribution >= 4 is 23.2 Å². The Morgan fingerprint density at radius 2 is 2.03 bits per heavy atom. The highest BCUT2D eigenvalue weighted by atomic mass is 35.5. The zero-order valence-corrected chi connectivity index (χ0v) is 17.0. The molecule has 0 saturated carbocycles.